The smallest absolute Gasteiger partial charge is 0.283 e. The van der Waals surface area contributed by atoms with Gasteiger partial charge in [0.05, 0.1) is 5.02 Å². The lowest BCUT2D eigenvalue weighted by Crippen LogP contribution is -2.39. The molecule has 5 nitrogen and oxygen atoms in total. The van der Waals surface area contributed by atoms with Crippen LogP contribution >= 0.6 is 46.4 Å². The second-order valence-corrected chi connectivity index (χ2v) is 9.31. The Balaban J connectivity index is 2.68. The summed E-state index contributed by atoms with van der Waals surface area (Å²) in [5.74, 6) is -1.12. The van der Waals surface area contributed by atoms with Crippen LogP contribution in [0.25, 0.3) is 0 Å². The Bertz CT molecular complexity index is 1170. The van der Waals surface area contributed by atoms with E-state index in [2.05, 4.69) is 0 Å². The summed E-state index contributed by atoms with van der Waals surface area (Å²) >= 11 is 25.0. The molecule has 0 bridgehead atoms. The molecule has 0 saturated carbocycles. The second-order valence-electron chi connectivity index (χ2n) is 6.08. The van der Waals surface area contributed by atoms with Crippen molar-refractivity contribution in [2.75, 3.05) is 0 Å². The molecule has 152 valence electrons. The normalized spacial score (nSPS) is 13.8. The summed E-state index contributed by atoms with van der Waals surface area (Å²) in [7, 11) is -5.16. The van der Waals surface area contributed by atoms with E-state index in [1.165, 1.54) is 42.5 Å². The van der Waals surface area contributed by atoms with Gasteiger partial charge >= 0.3 is 0 Å². The molecule has 0 aliphatic rings. The first-order chi connectivity index (χ1) is 13.5. The van der Waals surface area contributed by atoms with E-state index < -0.39 is 31.9 Å². The molecular formula is C19H12Cl4O5S. The third-order valence-electron chi connectivity index (χ3n) is 4.34. The van der Waals surface area contributed by atoms with Crippen LogP contribution in [0.3, 0.4) is 0 Å². The maximum Gasteiger partial charge on any atom is 0.283 e. The van der Waals surface area contributed by atoms with Gasteiger partial charge in [-0.15, -0.1) is 0 Å². The third kappa shape index (κ3) is 3.65. The summed E-state index contributed by atoms with van der Waals surface area (Å²) in [6.45, 7) is 0. The Morgan fingerprint density at radius 1 is 0.759 bits per heavy atom. The number of benzene rings is 3. The standard InChI is InChI=1S/C19H12Cl4O5S/c20-11-4-1-3-10(7-11)19(29(26,27)28,17-13(21)5-2-6-14(17)22)18-15(23)8-12(24)9-16(18)25/h1-9,24-25H,(H,26,27,28). The van der Waals surface area contributed by atoms with Gasteiger partial charge in [0.1, 0.15) is 11.5 Å². The molecule has 0 heterocycles. The predicted molar refractivity (Wildman–Crippen MR) is 114 cm³/mol. The summed E-state index contributed by atoms with van der Waals surface area (Å²) in [5, 5.41) is 19.9. The van der Waals surface area contributed by atoms with Gasteiger partial charge in [0.25, 0.3) is 10.1 Å². The quantitative estimate of drug-likeness (QED) is 0.311. The second kappa shape index (κ2) is 7.87. The highest BCUT2D eigenvalue weighted by molar-refractivity contribution is 7.87. The van der Waals surface area contributed by atoms with Crippen LogP contribution < -0.4 is 0 Å². The number of halogens is 4. The fourth-order valence-corrected chi connectivity index (χ4v) is 6.05. The van der Waals surface area contributed by atoms with Gasteiger partial charge in [-0.25, -0.2) is 0 Å². The molecule has 29 heavy (non-hydrogen) atoms. The first kappa shape index (κ1) is 22.0. The number of hydrogen-bond acceptors (Lipinski definition) is 4. The minimum absolute atomic E-state index is 0.0783. The van der Waals surface area contributed by atoms with E-state index in [1.54, 1.807) is 0 Å². The topological polar surface area (TPSA) is 94.8 Å². The van der Waals surface area contributed by atoms with Gasteiger partial charge in [0.2, 0.25) is 0 Å². The van der Waals surface area contributed by atoms with Crippen molar-refractivity contribution in [2.45, 2.75) is 4.75 Å². The Labute approximate surface area is 186 Å². The van der Waals surface area contributed by atoms with E-state index in [-0.39, 0.29) is 31.2 Å². The summed E-state index contributed by atoms with van der Waals surface area (Å²) in [6.07, 6.45) is 0. The van der Waals surface area contributed by atoms with Crippen molar-refractivity contribution in [1.82, 2.24) is 0 Å². The third-order valence-corrected chi connectivity index (χ3v) is 6.92. The van der Waals surface area contributed by atoms with Gasteiger partial charge < -0.3 is 10.2 Å². The Morgan fingerprint density at radius 2 is 1.34 bits per heavy atom. The van der Waals surface area contributed by atoms with Crippen molar-refractivity contribution in [1.29, 1.82) is 0 Å². The molecule has 0 amide bonds. The van der Waals surface area contributed by atoms with Gasteiger partial charge in [-0.3, -0.25) is 4.55 Å². The Kier molecular flexibility index (Phi) is 5.98. The van der Waals surface area contributed by atoms with E-state index in [0.717, 1.165) is 12.1 Å². The van der Waals surface area contributed by atoms with Gasteiger partial charge in [0, 0.05) is 32.3 Å². The van der Waals surface area contributed by atoms with Crippen LogP contribution in [0.5, 0.6) is 11.5 Å². The molecular weight excluding hydrogens is 482 g/mol. The molecule has 0 radical (unpaired) electrons. The van der Waals surface area contributed by atoms with E-state index in [0.29, 0.717) is 0 Å². The first-order valence-electron chi connectivity index (χ1n) is 7.89. The van der Waals surface area contributed by atoms with E-state index in [9.17, 15) is 23.2 Å². The molecule has 0 aliphatic carbocycles. The molecule has 0 saturated heterocycles. The number of aromatic hydroxyl groups is 2. The maximum atomic E-state index is 13.0. The van der Waals surface area contributed by atoms with Crippen molar-refractivity contribution >= 4 is 56.5 Å². The number of rotatable bonds is 4. The maximum absolute atomic E-state index is 13.0. The lowest BCUT2D eigenvalue weighted by molar-refractivity contribution is 0.431. The van der Waals surface area contributed by atoms with Crippen molar-refractivity contribution < 1.29 is 23.2 Å². The highest BCUT2D eigenvalue weighted by Gasteiger charge is 2.53. The van der Waals surface area contributed by atoms with E-state index >= 15 is 0 Å². The molecule has 10 heteroatoms. The molecule has 3 aromatic carbocycles. The molecule has 3 aromatic rings. The van der Waals surface area contributed by atoms with E-state index in [1.807, 2.05) is 0 Å². The summed E-state index contributed by atoms with van der Waals surface area (Å²) in [6, 6.07) is 11.7. The van der Waals surface area contributed by atoms with Crippen LogP contribution in [0, 0.1) is 0 Å². The van der Waals surface area contributed by atoms with Gasteiger partial charge in [0.15, 0.2) is 4.75 Å². The highest BCUT2D eigenvalue weighted by atomic mass is 35.5. The van der Waals surface area contributed by atoms with Crippen LogP contribution in [0.1, 0.15) is 16.7 Å². The minimum Gasteiger partial charge on any atom is -0.508 e. The first-order valence-corrected chi connectivity index (χ1v) is 10.8. The van der Waals surface area contributed by atoms with Gasteiger partial charge in [-0.1, -0.05) is 64.6 Å². The lowest BCUT2D eigenvalue weighted by Gasteiger charge is -2.35. The molecule has 0 aliphatic heterocycles. The van der Waals surface area contributed by atoms with Crippen LogP contribution in [0.15, 0.2) is 54.6 Å². The summed E-state index contributed by atoms with van der Waals surface area (Å²) in [5.41, 5.74) is -0.766. The van der Waals surface area contributed by atoms with Crippen molar-refractivity contribution in [3.63, 3.8) is 0 Å². The summed E-state index contributed by atoms with van der Waals surface area (Å²) < 4.78 is 34.0. The summed E-state index contributed by atoms with van der Waals surface area (Å²) in [4.78, 5) is 0. The molecule has 0 aromatic heterocycles. The van der Waals surface area contributed by atoms with Crippen LogP contribution in [0.4, 0.5) is 0 Å². The zero-order valence-corrected chi connectivity index (χ0v) is 18.1. The zero-order valence-electron chi connectivity index (χ0n) is 14.3. The Morgan fingerprint density at radius 3 is 1.86 bits per heavy atom. The van der Waals surface area contributed by atoms with Crippen LogP contribution in [-0.2, 0) is 14.9 Å². The lowest BCUT2D eigenvalue weighted by atomic mass is 9.83. The van der Waals surface area contributed by atoms with Crippen LogP contribution in [0.2, 0.25) is 20.1 Å². The largest absolute Gasteiger partial charge is 0.508 e. The highest BCUT2D eigenvalue weighted by Crippen LogP contribution is 2.54. The molecule has 1 atom stereocenters. The fourth-order valence-electron chi connectivity index (χ4n) is 3.29. The number of hydrogen-bond donors (Lipinski definition) is 3. The molecule has 0 fully saturated rings. The monoisotopic (exact) mass is 492 g/mol. The molecule has 3 N–H and O–H groups in total. The van der Waals surface area contributed by atoms with Crippen molar-refractivity contribution in [2.24, 2.45) is 0 Å². The van der Waals surface area contributed by atoms with Crippen LogP contribution in [-0.4, -0.2) is 23.2 Å². The van der Waals surface area contributed by atoms with E-state index in [4.69, 9.17) is 46.4 Å². The fraction of sp³-hybridized carbons (Fsp3) is 0.0526. The molecule has 3 rings (SSSR count). The molecule has 0 spiro atoms. The minimum atomic E-state index is -5.16. The van der Waals surface area contributed by atoms with Gasteiger partial charge in [-0.05, 0) is 35.9 Å². The average Bonchev–Trinajstić information content (AvgIpc) is 2.58. The number of phenols is 2. The average molecular weight is 494 g/mol. The number of phenolic OH excluding ortho intramolecular Hbond substituents is 2. The van der Waals surface area contributed by atoms with Gasteiger partial charge in [-0.2, -0.15) is 8.42 Å². The molecule has 1 unspecified atom stereocenters. The Hall–Kier alpha value is -1.67. The van der Waals surface area contributed by atoms with Crippen molar-refractivity contribution in [3.05, 3.63) is 91.4 Å². The predicted octanol–water partition coefficient (Wildman–Crippen LogP) is 5.89. The van der Waals surface area contributed by atoms with Crippen molar-refractivity contribution in [3.8, 4) is 11.5 Å². The zero-order chi connectivity index (χ0) is 21.6. The SMILES string of the molecule is O=S(=O)(O)C(c1cccc(Cl)c1)(c1c(O)cc(O)cc1Cl)c1c(Cl)cccc1Cl.